The van der Waals surface area contributed by atoms with Gasteiger partial charge in [0.15, 0.2) is 0 Å². The first-order chi connectivity index (χ1) is 20.8. The van der Waals surface area contributed by atoms with Crippen LogP contribution in [0, 0.1) is 0 Å². The lowest BCUT2D eigenvalue weighted by atomic mass is 9.82. The number of hydrogen-bond donors (Lipinski definition) is 0. The Kier molecular flexibility index (Phi) is 10.6. The molecule has 0 aliphatic heterocycles. The molecule has 0 spiro atoms. The van der Waals surface area contributed by atoms with Crippen molar-refractivity contribution >= 4 is 0 Å². The van der Waals surface area contributed by atoms with Crippen molar-refractivity contribution in [3.05, 3.63) is 0 Å². The minimum Gasteiger partial charge on any atom is -0.200 e. The van der Waals surface area contributed by atoms with Crippen molar-refractivity contribution < 1.29 is 145 Å². The molecule has 0 aliphatic carbocycles. The maximum atomic E-state index is 13.7. The molecule has 0 saturated carbocycles. The van der Waals surface area contributed by atoms with E-state index in [0.29, 0.717) is 0 Å². The van der Waals surface area contributed by atoms with Crippen molar-refractivity contribution in [3.63, 3.8) is 0 Å². The highest BCUT2D eigenvalue weighted by Crippen LogP contribution is 2.69. The Morgan fingerprint density at radius 1 is 0.160 bits per heavy atom. The second kappa shape index (κ2) is 11.1. The van der Waals surface area contributed by atoms with E-state index in [9.17, 15) is 145 Å². The topological polar surface area (TPSA) is 0 Å². The summed E-state index contributed by atoms with van der Waals surface area (Å²) in [5, 5.41) is 0. The van der Waals surface area contributed by atoms with Crippen LogP contribution in [0.3, 0.4) is 0 Å². The Morgan fingerprint density at radius 3 is 0.360 bits per heavy atom. The molecule has 0 unspecified atom stereocenters. The van der Waals surface area contributed by atoms with E-state index < -0.39 is 102 Å². The van der Waals surface area contributed by atoms with Crippen LogP contribution in [0.15, 0.2) is 0 Å². The van der Waals surface area contributed by atoms with Crippen LogP contribution >= 0.6 is 0 Å². The zero-order valence-electron chi connectivity index (χ0n) is 21.5. The SMILES string of the molecule is CC(F)(F)C(F)(F)C(F)(F)C(F)(F)C(F)(F)C(F)(F)C(F)(F)C(F)(F)C(F)(F)C(F)(F)C(F)(F)C(F)(F)C(F)(F)C(F)(F)C(F)(F)C(F)(F)F. The second-order valence-corrected chi connectivity index (χ2v) is 9.43. The number of alkyl halides is 33. The van der Waals surface area contributed by atoms with E-state index in [1.165, 1.54) is 0 Å². The summed E-state index contributed by atoms with van der Waals surface area (Å²) in [6.07, 6.45) is -8.38. The van der Waals surface area contributed by atoms with Crippen LogP contribution in [0.4, 0.5) is 145 Å². The van der Waals surface area contributed by atoms with E-state index in [4.69, 9.17) is 0 Å². The van der Waals surface area contributed by atoms with Gasteiger partial charge in [-0.1, -0.05) is 0 Å². The maximum Gasteiger partial charge on any atom is 0.460 e. The van der Waals surface area contributed by atoms with E-state index in [2.05, 4.69) is 0 Å². The minimum absolute atomic E-state index is 1.67. The minimum atomic E-state index is -10.2. The molecule has 0 aromatic rings. The lowest BCUT2D eigenvalue weighted by Crippen LogP contribution is -2.79. The molecule has 0 atom stereocenters. The lowest BCUT2D eigenvalue weighted by Gasteiger charge is -2.46. The normalized spacial score (nSPS) is 17.4. The van der Waals surface area contributed by atoms with Crippen LogP contribution in [-0.4, -0.2) is 95.0 Å². The fourth-order valence-electron chi connectivity index (χ4n) is 2.82. The zero-order chi connectivity index (χ0) is 42.0. The molecule has 0 saturated heterocycles. The van der Waals surface area contributed by atoms with Gasteiger partial charge in [0, 0.05) is 6.92 Å². The summed E-state index contributed by atoms with van der Waals surface area (Å²) in [6, 6.07) is 0. The summed E-state index contributed by atoms with van der Waals surface area (Å²) in [4.78, 5) is 0. The molecule has 0 radical (unpaired) electrons. The highest BCUT2D eigenvalue weighted by Gasteiger charge is 3.01. The van der Waals surface area contributed by atoms with Crippen LogP contribution in [0.2, 0.25) is 0 Å². The molecule has 0 fully saturated rings. The van der Waals surface area contributed by atoms with Crippen molar-refractivity contribution in [3.8, 4) is 0 Å². The molecule has 0 N–H and O–H groups in total. The van der Waals surface area contributed by atoms with E-state index in [0.717, 1.165) is 0 Å². The molecular weight excluding hydrogens is 831 g/mol. The Bertz CT molecular complexity index is 1140. The monoisotopic (exact) mass is 834 g/mol. The largest absolute Gasteiger partial charge is 0.460 e. The van der Waals surface area contributed by atoms with E-state index in [-0.39, 0.29) is 0 Å². The van der Waals surface area contributed by atoms with Crippen LogP contribution in [0.25, 0.3) is 0 Å². The van der Waals surface area contributed by atoms with Gasteiger partial charge in [0.05, 0.1) is 0 Å². The first-order valence-corrected chi connectivity index (χ1v) is 10.5. The Labute approximate surface area is 248 Å². The fraction of sp³-hybridized carbons (Fsp3) is 1.00. The van der Waals surface area contributed by atoms with Gasteiger partial charge in [-0.05, 0) is 0 Å². The Morgan fingerprint density at radius 2 is 0.260 bits per heavy atom. The van der Waals surface area contributed by atoms with Gasteiger partial charge in [-0.2, -0.15) is 145 Å². The van der Waals surface area contributed by atoms with Crippen LogP contribution in [0.1, 0.15) is 6.92 Å². The van der Waals surface area contributed by atoms with Gasteiger partial charge in [-0.25, -0.2) is 0 Å². The van der Waals surface area contributed by atoms with Gasteiger partial charge >= 0.3 is 95.0 Å². The summed E-state index contributed by atoms with van der Waals surface area (Å²) < 4.78 is 438. The van der Waals surface area contributed by atoms with E-state index in [1.807, 2.05) is 0 Å². The van der Waals surface area contributed by atoms with Crippen molar-refractivity contribution in [2.24, 2.45) is 0 Å². The first kappa shape index (κ1) is 47.7. The highest BCUT2D eigenvalue weighted by atomic mass is 19.4. The Balaban J connectivity index is 7.70. The molecule has 0 rings (SSSR count). The van der Waals surface area contributed by atoms with Crippen LogP contribution in [-0.2, 0) is 0 Å². The van der Waals surface area contributed by atoms with Crippen LogP contribution in [0.5, 0.6) is 0 Å². The van der Waals surface area contributed by atoms with Gasteiger partial charge < -0.3 is 0 Å². The van der Waals surface area contributed by atoms with Gasteiger partial charge in [0.2, 0.25) is 0 Å². The maximum absolute atomic E-state index is 13.7. The van der Waals surface area contributed by atoms with Gasteiger partial charge in [-0.15, -0.1) is 0 Å². The van der Waals surface area contributed by atoms with E-state index >= 15 is 0 Å². The number of hydrogen-bond acceptors (Lipinski definition) is 0. The average Bonchev–Trinajstić information content (AvgIpc) is 2.85. The molecule has 33 heteroatoms. The van der Waals surface area contributed by atoms with Crippen molar-refractivity contribution in [2.75, 3.05) is 0 Å². The van der Waals surface area contributed by atoms with E-state index in [1.54, 1.807) is 0 Å². The first-order valence-electron chi connectivity index (χ1n) is 10.5. The van der Waals surface area contributed by atoms with Gasteiger partial charge in [0.25, 0.3) is 0 Å². The van der Waals surface area contributed by atoms with Gasteiger partial charge in [0.1, 0.15) is 0 Å². The number of halogens is 33. The third kappa shape index (κ3) is 5.18. The average molecular weight is 834 g/mol. The molecule has 0 heterocycles. The van der Waals surface area contributed by atoms with Crippen molar-refractivity contribution in [2.45, 2.75) is 102 Å². The third-order valence-electron chi connectivity index (χ3n) is 6.03. The molecule has 0 aliphatic rings. The summed E-state index contributed by atoms with van der Waals surface area (Å²) in [7, 11) is 0. The number of rotatable bonds is 14. The zero-order valence-corrected chi connectivity index (χ0v) is 21.5. The smallest absolute Gasteiger partial charge is 0.200 e. The molecule has 0 aromatic carbocycles. The molecule has 0 bridgehead atoms. The van der Waals surface area contributed by atoms with Crippen LogP contribution < -0.4 is 0 Å². The summed E-state index contributed by atoms with van der Waals surface area (Å²) in [6.45, 7) is -1.67. The lowest BCUT2D eigenvalue weighted by molar-refractivity contribution is -0.490. The second-order valence-electron chi connectivity index (χ2n) is 9.43. The van der Waals surface area contributed by atoms with Crippen molar-refractivity contribution in [1.82, 2.24) is 0 Å². The molecule has 302 valence electrons. The molecular formula is C17H3F33. The van der Waals surface area contributed by atoms with Crippen molar-refractivity contribution in [1.29, 1.82) is 0 Å². The summed E-state index contributed by atoms with van der Waals surface area (Å²) >= 11 is 0. The molecule has 0 amide bonds. The molecule has 0 aromatic heterocycles. The quantitative estimate of drug-likeness (QED) is 0.153. The molecule has 50 heavy (non-hydrogen) atoms. The Hall–Kier alpha value is -2.31. The fourth-order valence-corrected chi connectivity index (χ4v) is 2.82. The standard InChI is InChI=1S/C17H3F33/c1-2(18,19)3(20,21)4(22,23)5(24,25)6(26,27)7(28,29)8(30,31)9(32,33)10(34,35)11(36,37)12(38,39)13(40,41)14(42,43)15(44,45)16(46,47)17(48,49)50/h1H3. The predicted molar refractivity (Wildman–Crippen MR) is 85.9 cm³/mol. The predicted octanol–water partition coefficient (Wildman–Crippen LogP) is 11.1. The third-order valence-corrected chi connectivity index (χ3v) is 6.03. The highest BCUT2D eigenvalue weighted by molar-refractivity contribution is 5.22. The molecule has 0 nitrogen and oxygen atoms in total. The summed E-state index contributed by atoms with van der Waals surface area (Å²) in [5.41, 5.74) is 0. The van der Waals surface area contributed by atoms with Gasteiger partial charge in [-0.3, -0.25) is 0 Å². The summed E-state index contributed by atoms with van der Waals surface area (Å²) in [5.74, 6) is -142.